The average Bonchev–Trinajstić information content (AvgIpc) is 2.00. The summed E-state index contributed by atoms with van der Waals surface area (Å²) in [5.41, 5.74) is -0.712. The van der Waals surface area contributed by atoms with E-state index in [1.54, 1.807) is 6.92 Å². The molecule has 0 fully saturated rings. The van der Waals surface area contributed by atoms with Gasteiger partial charge in [0.25, 0.3) is 0 Å². The fourth-order valence-electron chi connectivity index (χ4n) is 0.642. The standard InChI is InChI=1S/C8H16O3/c1-4-8(3,7(9)10)6-11-5-2/h4-6H2,1-3H3,(H,9,10). The van der Waals surface area contributed by atoms with E-state index in [1.807, 2.05) is 13.8 Å². The van der Waals surface area contributed by atoms with E-state index in [1.165, 1.54) is 0 Å². The maximum atomic E-state index is 10.7. The van der Waals surface area contributed by atoms with Crippen LogP contribution in [0.3, 0.4) is 0 Å². The number of hydrogen-bond acceptors (Lipinski definition) is 2. The highest BCUT2D eigenvalue weighted by molar-refractivity contribution is 5.74. The molecule has 0 radical (unpaired) electrons. The predicted octanol–water partition coefficient (Wildman–Crippen LogP) is 1.52. The number of rotatable bonds is 5. The molecule has 1 unspecified atom stereocenters. The van der Waals surface area contributed by atoms with E-state index >= 15 is 0 Å². The van der Waals surface area contributed by atoms with Crippen molar-refractivity contribution >= 4 is 5.97 Å². The predicted molar refractivity (Wildman–Crippen MR) is 42.5 cm³/mol. The summed E-state index contributed by atoms with van der Waals surface area (Å²) in [4.78, 5) is 10.7. The fourth-order valence-corrected chi connectivity index (χ4v) is 0.642. The molecule has 1 atom stereocenters. The van der Waals surface area contributed by atoms with Crippen molar-refractivity contribution in [3.63, 3.8) is 0 Å². The number of aliphatic carboxylic acids is 1. The number of ether oxygens (including phenoxy) is 1. The second-order valence-corrected chi connectivity index (χ2v) is 2.86. The lowest BCUT2D eigenvalue weighted by Crippen LogP contribution is -2.32. The third-order valence-corrected chi connectivity index (χ3v) is 1.92. The molecule has 0 spiro atoms. The minimum absolute atomic E-state index is 0.301. The Labute approximate surface area is 67.4 Å². The molecule has 0 aliphatic heterocycles. The molecule has 0 aliphatic rings. The fraction of sp³-hybridized carbons (Fsp3) is 0.875. The van der Waals surface area contributed by atoms with Crippen LogP contribution in [0.4, 0.5) is 0 Å². The van der Waals surface area contributed by atoms with Gasteiger partial charge in [0.15, 0.2) is 0 Å². The molecule has 0 rings (SSSR count). The molecule has 0 amide bonds. The van der Waals surface area contributed by atoms with Crippen LogP contribution in [0.25, 0.3) is 0 Å². The van der Waals surface area contributed by atoms with E-state index in [4.69, 9.17) is 9.84 Å². The lowest BCUT2D eigenvalue weighted by atomic mass is 9.89. The van der Waals surface area contributed by atoms with Crippen molar-refractivity contribution < 1.29 is 14.6 Å². The largest absolute Gasteiger partial charge is 0.481 e. The van der Waals surface area contributed by atoms with Crippen LogP contribution in [0.1, 0.15) is 27.2 Å². The van der Waals surface area contributed by atoms with E-state index in [-0.39, 0.29) is 0 Å². The van der Waals surface area contributed by atoms with Gasteiger partial charge in [0, 0.05) is 6.61 Å². The summed E-state index contributed by atoms with van der Waals surface area (Å²) >= 11 is 0. The highest BCUT2D eigenvalue weighted by Gasteiger charge is 2.30. The minimum Gasteiger partial charge on any atom is -0.481 e. The summed E-state index contributed by atoms with van der Waals surface area (Å²) in [6.45, 7) is 6.29. The lowest BCUT2D eigenvalue weighted by molar-refractivity contribution is -0.151. The highest BCUT2D eigenvalue weighted by Crippen LogP contribution is 2.21. The third kappa shape index (κ3) is 2.89. The van der Waals surface area contributed by atoms with Gasteiger partial charge in [0.05, 0.1) is 12.0 Å². The minimum atomic E-state index is -0.784. The van der Waals surface area contributed by atoms with Crippen LogP contribution >= 0.6 is 0 Å². The smallest absolute Gasteiger partial charge is 0.311 e. The summed E-state index contributed by atoms with van der Waals surface area (Å²) in [7, 11) is 0. The molecule has 0 aromatic heterocycles. The quantitative estimate of drug-likeness (QED) is 0.663. The van der Waals surface area contributed by atoms with Crippen molar-refractivity contribution in [3.05, 3.63) is 0 Å². The Morgan fingerprint density at radius 2 is 2.09 bits per heavy atom. The van der Waals surface area contributed by atoms with E-state index in [0.29, 0.717) is 19.6 Å². The van der Waals surface area contributed by atoms with E-state index in [2.05, 4.69) is 0 Å². The summed E-state index contributed by atoms with van der Waals surface area (Å²) in [5.74, 6) is -0.784. The Hall–Kier alpha value is -0.570. The number of carboxylic acids is 1. The van der Waals surface area contributed by atoms with Gasteiger partial charge in [-0.25, -0.2) is 0 Å². The molecule has 66 valence electrons. The van der Waals surface area contributed by atoms with Crippen molar-refractivity contribution in [2.75, 3.05) is 13.2 Å². The topological polar surface area (TPSA) is 46.5 Å². The van der Waals surface area contributed by atoms with Gasteiger partial charge in [-0.05, 0) is 20.3 Å². The lowest BCUT2D eigenvalue weighted by Gasteiger charge is -2.21. The summed E-state index contributed by atoms with van der Waals surface area (Å²) in [6, 6.07) is 0. The van der Waals surface area contributed by atoms with Gasteiger partial charge in [-0.15, -0.1) is 0 Å². The number of hydrogen-bond donors (Lipinski definition) is 1. The van der Waals surface area contributed by atoms with E-state index in [9.17, 15) is 4.79 Å². The normalized spacial score (nSPS) is 15.9. The molecule has 0 aliphatic carbocycles. The molecule has 0 heterocycles. The Morgan fingerprint density at radius 3 is 2.36 bits per heavy atom. The Bertz CT molecular complexity index is 133. The first-order valence-electron chi connectivity index (χ1n) is 3.88. The van der Waals surface area contributed by atoms with Crippen LogP contribution < -0.4 is 0 Å². The average molecular weight is 160 g/mol. The van der Waals surface area contributed by atoms with Crippen LogP contribution in [-0.2, 0) is 9.53 Å². The summed E-state index contributed by atoms with van der Waals surface area (Å²) in [5, 5.41) is 8.78. The number of carboxylic acid groups (broad SMARTS) is 1. The Kier molecular flexibility index (Phi) is 4.11. The van der Waals surface area contributed by atoms with Gasteiger partial charge in [0.2, 0.25) is 0 Å². The SMILES string of the molecule is CCOCC(C)(CC)C(=O)O. The Morgan fingerprint density at radius 1 is 1.55 bits per heavy atom. The Balaban J connectivity index is 3.99. The zero-order valence-corrected chi connectivity index (χ0v) is 7.39. The van der Waals surface area contributed by atoms with Crippen LogP contribution in [0.5, 0.6) is 0 Å². The molecule has 0 bridgehead atoms. The second kappa shape index (κ2) is 4.34. The second-order valence-electron chi connectivity index (χ2n) is 2.86. The van der Waals surface area contributed by atoms with Crippen molar-refractivity contribution in [1.29, 1.82) is 0 Å². The summed E-state index contributed by atoms with van der Waals surface area (Å²) in [6.07, 6.45) is 0.600. The van der Waals surface area contributed by atoms with Gasteiger partial charge in [-0.3, -0.25) is 4.79 Å². The molecule has 3 heteroatoms. The van der Waals surface area contributed by atoms with Crippen LogP contribution in [0.15, 0.2) is 0 Å². The van der Waals surface area contributed by atoms with Crippen molar-refractivity contribution in [2.45, 2.75) is 27.2 Å². The first-order chi connectivity index (χ1) is 5.06. The van der Waals surface area contributed by atoms with Crippen LogP contribution in [0, 0.1) is 5.41 Å². The van der Waals surface area contributed by atoms with Gasteiger partial charge in [0.1, 0.15) is 0 Å². The van der Waals surface area contributed by atoms with E-state index < -0.39 is 11.4 Å². The van der Waals surface area contributed by atoms with Gasteiger partial charge in [-0.1, -0.05) is 6.92 Å². The van der Waals surface area contributed by atoms with Crippen LogP contribution in [-0.4, -0.2) is 24.3 Å². The van der Waals surface area contributed by atoms with Gasteiger partial charge >= 0.3 is 5.97 Å². The van der Waals surface area contributed by atoms with Crippen molar-refractivity contribution in [3.8, 4) is 0 Å². The molecular formula is C8H16O3. The molecule has 0 aromatic carbocycles. The zero-order valence-electron chi connectivity index (χ0n) is 7.39. The zero-order chi connectivity index (χ0) is 8.91. The van der Waals surface area contributed by atoms with E-state index in [0.717, 1.165) is 0 Å². The van der Waals surface area contributed by atoms with Crippen molar-refractivity contribution in [2.24, 2.45) is 5.41 Å². The molecular weight excluding hydrogens is 144 g/mol. The molecule has 1 N–H and O–H groups in total. The molecule has 0 saturated carbocycles. The van der Waals surface area contributed by atoms with Crippen molar-refractivity contribution in [1.82, 2.24) is 0 Å². The highest BCUT2D eigenvalue weighted by atomic mass is 16.5. The third-order valence-electron chi connectivity index (χ3n) is 1.92. The summed E-state index contributed by atoms with van der Waals surface area (Å²) < 4.78 is 5.07. The van der Waals surface area contributed by atoms with Gasteiger partial charge < -0.3 is 9.84 Å². The monoisotopic (exact) mass is 160 g/mol. The van der Waals surface area contributed by atoms with Crippen LogP contribution in [0.2, 0.25) is 0 Å². The van der Waals surface area contributed by atoms with Gasteiger partial charge in [-0.2, -0.15) is 0 Å². The first kappa shape index (κ1) is 10.4. The molecule has 3 nitrogen and oxygen atoms in total. The number of carbonyl (C=O) groups is 1. The first-order valence-corrected chi connectivity index (χ1v) is 3.88. The molecule has 0 saturated heterocycles. The maximum Gasteiger partial charge on any atom is 0.311 e. The maximum absolute atomic E-state index is 10.7. The molecule has 11 heavy (non-hydrogen) atoms. The molecule has 0 aromatic rings.